The van der Waals surface area contributed by atoms with Crippen LogP contribution in [0.2, 0.25) is 0 Å². The lowest BCUT2D eigenvalue weighted by Crippen LogP contribution is -2.40. The lowest BCUT2D eigenvalue weighted by atomic mass is 10.1. The molecule has 0 atom stereocenters. The van der Waals surface area contributed by atoms with Gasteiger partial charge in [-0.25, -0.2) is 4.98 Å². The van der Waals surface area contributed by atoms with Crippen LogP contribution in [-0.4, -0.2) is 58.9 Å². The number of aliphatic hydroxyl groups is 1. The monoisotopic (exact) mass is 294 g/mol. The summed E-state index contributed by atoms with van der Waals surface area (Å²) in [6, 6.07) is 0. The molecular weight excluding hydrogens is 268 g/mol. The number of nitrogens with zero attached hydrogens (tertiary/aromatic N) is 4. The molecule has 2 heterocycles. The van der Waals surface area contributed by atoms with Crippen LogP contribution < -0.4 is 10.5 Å². The lowest BCUT2D eigenvalue weighted by molar-refractivity contribution is 0.204. The van der Waals surface area contributed by atoms with Gasteiger partial charge in [-0.05, 0) is 33.7 Å². The van der Waals surface area contributed by atoms with Crippen molar-refractivity contribution in [3.8, 4) is 0 Å². The van der Waals surface area contributed by atoms with Gasteiger partial charge in [0, 0.05) is 44.1 Å². The Balaban J connectivity index is 2.21. The minimum Gasteiger partial charge on any atom is -0.395 e. The lowest BCUT2D eigenvalue weighted by Gasteiger charge is -2.26. The molecule has 1 aromatic heterocycles. The van der Waals surface area contributed by atoms with Crippen LogP contribution in [0.4, 0.5) is 5.82 Å². The summed E-state index contributed by atoms with van der Waals surface area (Å²) >= 11 is 0. The van der Waals surface area contributed by atoms with Gasteiger partial charge in [0.15, 0.2) is 5.82 Å². The Labute approximate surface area is 126 Å². The summed E-state index contributed by atoms with van der Waals surface area (Å²) in [7, 11) is 0. The summed E-state index contributed by atoms with van der Waals surface area (Å²) in [6.07, 6.45) is 4.44. The fraction of sp³-hybridized carbons (Fsp3) is 0.733. The number of aromatic nitrogens is 2. The zero-order valence-corrected chi connectivity index (χ0v) is 13.2. The second kappa shape index (κ2) is 6.58. The average Bonchev–Trinajstić information content (AvgIpc) is 2.64. The number of aliphatic hydroxyl groups excluding tert-OH is 1. The highest BCUT2D eigenvalue weighted by molar-refractivity contribution is 5.36. The second-order valence-corrected chi connectivity index (χ2v) is 6.50. The zero-order valence-electron chi connectivity index (χ0n) is 13.2. The maximum absolute atomic E-state index is 12.6. The van der Waals surface area contributed by atoms with Gasteiger partial charge in [-0.1, -0.05) is 0 Å². The van der Waals surface area contributed by atoms with Crippen molar-refractivity contribution in [2.45, 2.75) is 32.7 Å². The summed E-state index contributed by atoms with van der Waals surface area (Å²) in [5.41, 5.74) is -0.274. The normalized spacial score (nSPS) is 17.8. The highest BCUT2D eigenvalue weighted by Crippen LogP contribution is 2.14. The van der Waals surface area contributed by atoms with Crippen LogP contribution in [0.15, 0.2) is 17.2 Å². The predicted molar refractivity (Wildman–Crippen MR) is 83.8 cm³/mol. The SMILES string of the molecule is CC(C)(C)n1ccnc(N2CCCN(CCO)CC2)c1=O. The van der Waals surface area contributed by atoms with Crippen molar-refractivity contribution in [1.82, 2.24) is 14.5 Å². The van der Waals surface area contributed by atoms with E-state index < -0.39 is 0 Å². The highest BCUT2D eigenvalue weighted by Gasteiger charge is 2.21. The van der Waals surface area contributed by atoms with Gasteiger partial charge in [0.1, 0.15) is 0 Å². The second-order valence-electron chi connectivity index (χ2n) is 6.50. The van der Waals surface area contributed by atoms with Crippen molar-refractivity contribution in [3.63, 3.8) is 0 Å². The summed E-state index contributed by atoms with van der Waals surface area (Å²) in [5, 5.41) is 9.04. The Morgan fingerprint density at radius 2 is 2.00 bits per heavy atom. The van der Waals surface area contributed by atoms with Gasteiger partial charge in [-0.15, -0.1) is 0 Å². The van der Waals surface area contributed by atoms with Crippen LogP contribution in [0.3, 0.4) is 0 Å². The molecule has 2 rings (SSSR count). The molecule has 1 saturated heterocycles. The van der Waals surface area contributed by atoms with E-state index in [2.05, 4.69) is 14.8 Å². The maximum atomic E-state index is 12.6. The smallest absolute Gasteiger partial charge is 0.293 e. The molecule has 118 valence electrons. The molecule has 1 aliphatic rings. The van der Waals surface area contributed by atoms with Crippen LogP contribution >= 0.6 is 0 Å². The fourth-order valence-electron chi connectivity index (χ4n) is 2.69. The fourth-order valence-corrected chi connectivity index (χ4v) is 2.69. The molecule has 1 aliphatic heterocycles. The van der Waals surface area contributed by atoms with E-state index in [1.165, 1.54) is 0 Å². The molecule has 0 aliphatic carbocycles. The van der Waals surface area contributed by atoms with E-state index >= 15 is 0 Å². The van der Waals surface area contributed by atoms with Gasteiger partial charge in [0.25, 0.3) is 5.56 Å². The van der Waals surface area contributed by atoms with Gasteiger partial charge in [-0.2, -0.15) is 0 Å². The number of hydrogen-bond donors (Lipinski definition) is 1. The zero-order chi connectivity index (χ0) is 15.5. The Hall–Kier alpha value is -1.40. The molecule has 0 aromatic carbocycles. The Kier molecular flexibility index (Phi) is 5.00. The van der Waals surface area contributed by atoms with Gasteiger partial charge < -0.3 is 14.6 Å². The van der Waals surface area contributed by atoms with Crippen molar-refractivity contribution < 1.29 is 5.11 Å². The van der Waals surface area contributed by atoms with E-state index in [-0.39, 0.29) is 17.7 Å². The average molecular weight is 294 g/mol. The third kappa shape index (κ3) is 3.83. The van der Waals surface area contributed by atoms with Crippen LogP contribution in [0.1, 0.15) is 27.2 Å². The van der Waals surface area contributed by atoms with Crippen LogP contribution in [-0.2, 0) is 5.54 Å². The quantitative estimate of drug-likeness (QED) is 0.880. The molecule has 0 unspecified atom stereocenters. The Morgan fingerprint density at radius 1 is 1.24 bits per heavy atom. The molecule has 0 saturated carbocycles. The van der Waals surface area contributed by atoms with E-state index in [1.807, 2.05) is 20.8 Å². The largest absolute Gasteiger partial charge is 0.395 e. The molecule has 0 radical (unpaired) electrons. The Bertz CT molecular complexity index is 521. The standard InChI is InChI=1S/C15H26N4O2/c1-15(2,3)19-8-5-16-13(14(19)21)18-7-4-6-17(9-10-18)11-12-20/h5,8,20H,4,6-7,9-12H2,1-3H3. The molecule has 1 fully saturated rings. The van der Waals surface area contributed by atoms with Gasteiger partial charge >= 0.3 is 0 Å². The van der Waals surface area contributed by atoms with E-state index in [0.717, 1.165) is 32.6 Å². The number of anilines is 1. The van der Waals surface area contributed by atoms with Crippen molar-refractivity contribution in [1.29, 1.82) is 0 Å². The third-order valence-electron chi connectivity index (χ3n) is 3.85. The van der Waals surface area contributed by atoms with Crippen LogP contribution in [0.5, 0.6) is 0 Å². The van der Waals surface area contributed by atoms with E-state index in [1.54, 1.807) is 17.0 Å². The maximum Gasteiger partial charge on any atom is 0.293 e. The molecule has 1 N–H and O–H groups in total. The molecule has 6 heteroatoms. The van der Waals surface area contributed by atoms with Crippen molar-refractivity contribution in [2.24, 2.45) is 0 Å². The molecule has 0 amide bonds. The first-order valence-corrected chi connectivity index (χ1v) is 7.60. The van der Waals surface area contributed by atoms with E-state index in [4.69, 9.17) is 5.11 Å². The molecule has 0 spiro atoms. The number of β-amino-alcohol motifs (C(OH)–C–C–N with tert-alkyl or cyclic N) is 1. The summed E-state index contributed by atoms with van der Waals surface area (Å²) in [5.74, 6) is 0.540. The van der Waals surface area contributed by atoms with Gasteiger partial charge in [-0.3, -0.25) is 9.69 Å². The molecular formula is C15H26N4O2. The van der Waals surface area contributed by atoms with E-state index in [0.29, 0.717) is 12.4 Å². The first kappa shape index (κ1) is 16.0. The third-order valence-corrected chi connectivity index (χ3v) is 3.85. The number of hydrogen-bond acceptors (Lipinski definition) is 5. The topological polar surface area (TPSA) is 61.6 Å². The first-order valence-electron chi connectivity index (χ1n) is 7.60. The van der Waals surface area contributed by atoms with E-state index in [9.17, 15) is 4.79 Å². The summed E-state index contributed by atoms with van der Waals surface area (Å²) in [4.78, 5) is 21.3. The molecule has 6 nitrogen and oxygen atoms in total. The van der Waals surface area contributed by atoms with Crippen LogP contribution in [0, 0.1) is 0 Å². The van der Waals surface area contributed by atoms with Crippen molar-refractivity contribution in [3.05, 3.63) is 22.7 Å². The van der Waals surface area contributed by atoms with Gasteiger partial charge in [0.2, 0.25) is 0 Å². The number of rotatable bonds is 3. The van der Waals surface area contributed by atoms with Gasteiger partial charge in [0.05, 0.1) is 6.61 Å². The molecule has 1 aromatic rings. The molecule has 21 heavy (non-hydrogen) atoms. The minimum absolute atomic E-state index is 0.0272. The summed E-state index contributed by atoms with van der Waals surface area (Å²) < 4.78 is 1.74. The first-order chi connectivity index (χ1) is 9.93. The van der Waals surface area contributed by atoms with Crippen LogP contribution in [0.25, 0.3) is 0 Å². The minimum atomic E-state index is -0.246. The van der Waals surface area contributed by atoms with Crippen molar-refractivity contribution >= 4 is 5.82 Å². The summed E-state index contributed by atoms with van der Waals surface area (Å²) in [6.45, 7) is 10.3. The predicted octanol–water partition coefficient (Wildman–Crippen LogP) is 0.503. The Morgan fingerprint density at radius 3 is 2.67 bits per heavy atom. The highest BCUT2D eigenvalue weighted by atomic mass is 16.3. The molecule has 0 bridgehead atoms. The van der Waals surface area contributed by atoms with Crippen molar-refractivity contribution in [2.75, 3.05) is 44.2 Å².